The van der Waals surface area contributed by atoms with Crippen LogP contribution in [0.1, 0.15) is 51.3 Å². The molecule has 1 unspecified atom stereocenters. The van der Waals surface area contributed by atoms with Crippen LogP contribution in [0, 0.1) is 0 Å². The Labute approximate surface area is 166 Å². The molecular formula is C18H27BrN4O4. The zero-order valence-corrected chi connectivity index (χ0v) is 17.7. The van der Waals surface area contributed by atoms with E-state index >= 15 is 0 Å². The highest BCUT2D eigenvalue weighted by atomic mass is 79.9. The maximum Gasteiger partial charge on any atom is 0.329 e. The molecule has 0 spiro atoms. The number of H-pyrrole nitrogens is 1. The van der Waals surface area contributed by atoms with Gasteiger partial charge < -0.3 is 9.30 Å². The van der Waals surface area contributed by atoms with Crippen molar-refractivity contribution in [3.63, 3.8) is 0 Å². The van der Waals surface area contributed by atoms with Crippen molar-refractivity contribution in [2.24, 2.45) is 14.1 Å². The monoisotopic (exact) mass is 442 g/mol. The van der Waals surface area contributed by atoms with Crippen molar-refractivity contribution in [3.05, 3.63) is 26.7 Å². The van der Waals surface area contributed by atoms with E-state index in [2.05, 4.69) is 25.9 Å². The van der Waals surface area contributed by atoms with Gasteiger partial charge in [-0.3, -0.25) is 19.1 Å². The van der Waals surface area contributed by atoms with Gasteiger partial charge in [-0.2, -0.15) is 0 Å². The molecule has 0 radical (unpaired) electrons. The number of nitrogens with zero attached hydrogens (tertiary/aromatic N) is 3. The van der Waals surface area contributed by atoms with Crippen LogP contribution in [0.4, 0.5) is 0 Å². The number of aromatic amines is 1. The summed E-state index contributed by atoms with van der Waals surface area (Å²) in [5, 5.41) is 0.668. The summed E-state index contributed by atoms with van der Waals surface area (Å²) in [4.78, 5) is 41.5. The van der Waals surface area contributed by atoms with E-state index in [1.807, 2.05) is 0 Å². The van der Waals surface area contributed by atoms with Crippen molar-refractivity contribution in [2.45, 2.75) is 58.0 Å². The summed E-state index contributed by atoms with van der Waals surface area (Å²) in [6.07, 6.45) is 6.81. The second kappa shape index (κ2) is 9.87. The molecule has 0 aliphatic rings. The third-order valence-corrected chi connectivity index (χ3v) is 5.38. The van der Waals surface area contributed by atoms with E-state index in [9.17, 15) is 14.4 Å². The van der Waals surface area contributed by atoms with E-state index < -0.39 is 11.2 Å². The number of hydrogen-bond donors (Lipinski definition) is 1. The zero-order chi connectivity index (χ0) is 20.0. The number of aromatic nitrogens is 4. The minimum Gasteiger partial charge on any atom is -0.462 e. The summed E-state index contributed by atoms with van der Waals surface area (Å²) in [5.74, 6) is 0.573. The van der Waals surface area contributed by atoms with Gasteiger partial charge in [0.15, 0.2) is 11.2 Å². The lowest BCUT2D eigenvalue weighted by Crippen LogP contribution is -2.29. The van der Waals surface area contributed by atoms with Crippen LogP contribution in [0.3, 0.4) is 0 Å². The van der Waals surface area contributed by atoms with Gasteiger partial charge >= 0.3 is 11.7 Å². The first-order valence-electron chi connectivity index (χ1n) is 9.23. The Bertz CT molecular complexity index is 899. The highest BCUT2D eigenvalue weighted by Crippen LogP contribution is 2.14. The Morgan fingerprint density at radius 3 is 2.48 bits per heavy atom. The summed E-state index contributed by atoms with van der Waals surface area (Å²) < 4.78 is 8.34. The molecule has 0 fully saturated rings. The van der Waals surface area contributed by atoms with Gasteiger partial charge in [-0.05, 0) is 19.3 Å². The first-order valence-corrected chi connectivity index (χ1v) is 10.3. The molecule has 2 aromatic heterocycles. The minimum absolute atomic E-state index is 0.0489. The molecule has 2 aromatic rings. The SMILES string of the molecule is CC(=O)OC(CBr)CCCCCCCc1nc2c(c(=O)[nH]c(=O)n2C)n1C. The fourth-order valence-electron chi connectivity index (χ4n) is 3.16. The van der Waals surface area contributed by atoms with Gasteiger partial charge in [0.2, 0.25) is 0 Å². The third kappa shape index (κ3) is 5.54. The molecule has 0 aromatic carbocycles. The first-order chi connectivity index (χ1) is 12.8. The number of alkyl halides is 1. The van der Waals surface area contributed by atoms with E-state index in [0.717, 1.165) is 50.8 Å². The summed E-state index contributed by atoms with van der Waals surface area (Å²) >= 11 is 3.37. The van der Waals surface area contributed by atoms with E-state index in [1.54, 1.807) is 18.7 Å². The van der Waals surface area contributed by atoms with Crippen LogP contribution in [0.15, 0.2) is 9.59 Å². The Hall–Kier alpha value is -1.90. The van der Waals surface area contributed by atoms with Crippen LogP contribution < -0.4 is 11.2 Å². The number of carbonyl (C=O) groups excluding carboxylic acids is 1. The number of hydrogen-bond acceptors (Lipinski definition) is 5. The lowest BCUT2D eigenvalue weighted by Gasteiger charge is -2.13. The number of ether oxygens (including phenoxy) is 1. The maximum absolute atomic E-state index is 12.0. The van der Waals surface area contributed by atoms with E-state index in [0.29, 0.717) is 16.5 Å². The quantitative estimate of drug-likeness (QED) is 0.345. The first kappa shape index (κ1) is 21.4. The largest absolute Gasteiger partial charge is 0.462 e. The molecule has 150 valence electrons. The van der Waals surface area contributed by atoms with Gasteiger partial charge in [-0.15, -0.1) is 0 Å². The molecule has 2 rings (SSSR count). The molecule has 0 amide bonds. The number of imidazole rings is 1. The number of esters is 1. The highest BCUT2D eigenvalue weighted by molar-refractivity contribution is 9.09. The Kier molecular flexibility index (Phi) is 7.82. The summed E-state index contributed by atoms with van der Waals surface area (Å²) in [6.45, 7) is 1.43. The van der Waals surface area contributed by atoms with Gasteiger partial charge in [-0.25, -0.2) is 9.78 Å². The van der Waals surface area contributed by atoms with Crippen molar-refractivity contribution in [3.8, 4) is 0 Å². The number of carbonyl (C=O) groups is 1. The van der Waals surface area contributed by atoms with Crippen LogP contribution in [0.5, 0.6) is 0 Å². The Morgan fingerprint density at radius 1 is 1.15 bits per heavy atom. The minimum atomic E-state index is -0.451. The smallest absolute Gasteiger partial charge is 0.329 e. The molecule has 1 N–H and O–H groups in total. The zero-order valence-electron chi connectivity index (χ0n) is 16.1. The number of aryl methyl sites for hydroxylation is 3. The summed E-state index contributed by atoms with van der Waals surface area (Å²) in [5.41, 5.74) is 0.00193. The lowest BCUT2D eigenvalue weighted by molar-refractivity contribution is -0.145. The molecule has 1 atom stereocenters. The molecule has 0 aliphatic heterocycles. The van der Waals surface area contributed by atoms with Crippen molar-refractivity contribution in [1.29, 1.82) is 0 Å². The predicted molar refractivity (Wildman–Crippen MR) is 107 cm³/mol. The number of fused-ring (bicyclic) bond motifs is 1. The highest BCUT2D eigenvalue weighted by Gasteiger charge is 2.14. The molecule has 0 aliphatic carbocycles. The van der Waals surface area contributed by atoms with Crippen LogP contribution in [-0.2, 0) is 30.0 Å². The number of nitrogens with one attached hydrogen (secondary N) is 1. The van der Waals surface area contributed by atoms with Crippen LogP contribution >= 0.6 is 15.9 Å². The molecule has 8 nitrogen and oxygen atoms in total. The predicted octanol–water partition coefficient (Wildman–Crippen LogP) is 2.17. The molecule has 9 heteroatoms. The topological polar surface area (TPSA) is 99.0 Å². The van der Waals surface area contributed by atoms with Crippen LogP contribution in [0.2, 0.25) is 0 Å². The van der Waals surface area contributed by atoms with Gasteiger partial charge in [0.05, 0.1) is 0 Å². The van der Waals surface area contributed by atoms with E-state index in [1.165, 1.54) is 11.5 Å². The van der Waals surface area contributed by atoms with Crippen molar-refractivity contribution in [2.75, 3.05) is 5.33 Å². The van der Waals surface area contributed by atoms with E-state index in [-0.39, 0.29) is 12.1 Å². The third-order valence-electron chi connectivity index (χ3n) is 4.66. The van der Waals surface area contributed by atoms with Crippen LogP contribution in [0.25, 0.3) is 11.2 Å². The van der Waals surface area contributed by atoms with Crippen molar-refractivity contribution in [1.82, 2.24) is 19.1 Å². The Morgan fingerprint density at radius 2 is 1.81 bits per heavy atom. The molecule has 2 heterocycles. The molecule has 0 saturated heterocycles. The molecular weight excluding hydrogens is 416 g/mol. The van der Waals surface area contributed by atoms with Crippen molar-refractivity contribution < 1.29 is 9.53 Å². The summed E-state index contributed by atoms with van der Waals surface area (Å²) in [6, 6.07) is 0. The molecule has 27 heavy (non-hydrogen) atoms. The van der Waals surface area contributed by atoms with E-state index in [4.69, 9.17) is 4.74 Å². The summed E-state index contributed by atoms with van der Waals surface area (Å²) in [7, 11) is 3.41. The van der Waals surface area contributed by atoms with Crippen molar-refractivity contribution >= 4 is 33.1 Å². The van der Waals surface area contributed by atoms with Gasteiger partial charge in [0, 0.05) is 32.8 Å². The molecule has 0 bridgehead atoms. The number of halogens is 1. The fourth-order valence-corrected chi connectivity index (χ4v) is 3.62. The normalized spacial score (nSPS) is 12.4. The fraction of sp³-hybridized carbons (Fsp3) is 0.667. The van der Waals surface area contributed by atoms with Gasteiger partial charge in [0.25, 0.3) is 5.56 Å². The Balaban J connectivity index is 1.80. The standard InChI is InChI=1S/C18H27BrN4O4/c1-12(24)27-13(11-19)9-7-5-4-6-8-10-14-20-16-15(22(14)2)17(25)21-18(26)23(16)3/h13H,4-11H2,1-3H3,(H,21,25,26). The van der Waals surface area contributed by atoms with Crippen LogP contribution in [-0.4, -0.2) is 36.5 Å². The lowest BCUT2D eigenvalue weighted by atomic mass is 10.1. The maximum atomic E-state index is 12.0. The average molecular weight is 443 g/mol. The average Bonchev–Trinajstić information content (AvgIpc) is 2.94. The molecule has 0 saturated carbocycles. The second-order valence-corrected chi connectivity index (χ2v) is 7.42. The van der Waals surface area contributed by atoms with Gasteiger partial charge in [0.1, 0.15) is 11.9 Å². The number of rotatable bonds is 10. The number of unbranched alkanes of at least 4 members (excludes halogenated alkanes) is 4. The second-order valence-electron chi connectivity index (χ2n) is 6.77. The van der Waals surface area contributed by atoms with Gasteiger partial charge in [-0.1, -0.05) is 35.2 Å².